The lowest BCUT2D eigenvalue weighted by molar-refractivity contribution is -0.0718. The molecule has 180 valence electrons. The molecule has 0 unspecified atom stereocenters. The van der Waals surface area contributed by atoms with E-state index >= 15 is 0 Å². The average Bonchev–Trinajstić information content (AvgIpc) is 2.79. The number of aliphatic hydroxyl groups excluding tert-OH is 1. The summed E-state index contributed by atoms with van der Waals surface area (Å²) < 4.78 is 19.6. The average molecular weight is 480 g/mol. The molecule has 33 heavy (non-hydrogen) atoms. The molecule has 1 aromatic heterocycles. The number of halogens is 2. The van der Waals surface area contributed by atoms with Crippen molar-refractivity contribution < 1.29 is 24.1 Å². The SMILES string of the molecule is C[C@H](CCc1ccc2c(n1)NCCC2)COCC[C@@H](NC(=O)c1c(F)cccc1Cl)C(O)O. The Bertz CT molecular complexity index is 924. The molecule has 3 rings (SSSR count). The standard InChI is InChI=1S/C24H31ClFN3O4/c1-15(7-9-17-10-8-16-4-3-12-27-22(16)28-17)14-33-13-11-20(24(31)32)29-23(30)21-18(25)5-2-6-19(21)26/h2,5-6,8,10,15,20,24,31-32H,3-4,7,9,11-14H2,1H3,(H,27,28)(H,29,30)/t15-,20-/m1/s1. The summed E-state index contributed by atoms with van der Waals surface area (Å²) in [5.74, 6) is -0.313. The molecular formula is C24H31ClFN3O4. The van der Waals surface area contributed by atoms with Gasteiger partial charge in [-0.1, -0.05) is 30.7 Å². The molecule has 2 aromatic rings. The van der Waals surface area contributed by atoms with Crippen molar-refractivity contribution in [2.24, 2.45) is 5.92 Å². The lowest BCUT2D eigenvalue weighted by Crippen LogP contribution is -2.44. The van der Waals surface area contributed by atoms with E-state index in [2.05, 4.69) is 29.7 Å². The topological polar surface area (TPSA) is 104 Å². The Labute approximate surface area is 198 Å². The van der Waals surface area contributed by atoms with Gasteiger partial charge in [0, 0.05) is 25.5 Å². The number of nitrogens with one attached hydrogen (secondary N) is 2. The van der Waals surface area contributed by atoms with Crippen LogP contribution in [0, 0.1) is 11.7 Å². The number of hydrogen-bond donors (Lipinski definition) is 4. The van der Waals surface area contributed by atoms with Gasteiger partial charge in [0.2, 0.25) is 0 Å². The highest BCUT2D eigenvalue weighted by molar-refractivity contribution is 6.33. The second-order valence-electron chi connectivity index (χ2n) is 8.44. The number of aromatic nitrogens is 1. The van der Waals surface area contributed by atoms with Gasteiger partial charge in [-0.25, -0.2) is 9.37 Å². The van der Waals surface area contributed by atoms with Gasteiger partial charge in [-0.05, 0) is 61.8 Å². The fourth-order valence-electron chi connectivity index (χ4n) is 3.73. The van der Waals surface area contributed by atoms with Crippen LogP contribution in [0.2, 0.25) is 5.02 Å². The fourth-order valence-corrected chi connectivity index (χ4v) is 3.98. The fraction of sp³-hybridized carbons (Fsp3) is 0.500. The zero-order valence-corrected chi connectivity index (χ0v) is 19.4. The first kappa shape index (κ1) is 25.4. The normalized spacial score (nSPS) is 15.0. The van der Waals surface area contributed by atoms with Crippen LogP contribution in [0.3, 0.4) is 0 Å². The van der Waals surface area contributed by atoms with Crippen LogP contribution in [0.5, 0.6) is 0 Å². The highest BCUT2D eigenvalue weighted by Gasteiger charge is 2.23. The van der Waals surface area contributed by atoms with Gasteiger partial charge in [0.1, 0.15) is 11.6 Å². The van der Waals surface area contributed by atoms with Gasteiger partial charge >= 0.3 is 0 Å². The predicted octanol–water partition coefficient (Wildman–Crippen LogP) is 3.32. The van der Waals surface area contributed by atoms with Crippen LogP contribution in [0.1, 0.15) is 47.8 Å². The van der Waals surface area contributed by atoms with Crippen molar-refractivity contribution in [2.75, 3.05) is 25.1 Å². The number of hydrogen-bond acceptors (Lipinski definition) is 6. The van der Waals surface area contributed by atoms with Gasteiger partial charge in [0.15, 0.2) is 6.29 Å². The van der Waals surface area contributed by atoms with Gasteiger partial charge in [-0.3, -0.25) is 4.79 Å². The zero-order valence-electron chi connectivity index (χ0n) is 18.7. The summed E-state index contributed by atoms with van der Waals surface area (Å²) in [6.07, 6.45) is 2.29. The molecule has 9 heteroatoms. The van der Waals surface area contributed by atoms with Gasteiger partial charge in [0.05, 0.1) is 16.6 Å². The Kier molecular flexibility index (Phi) is 9.43. The first-order valence-corrected chi connectivity index (χ1v) is 11.6. The van der Waals surface area contributed by atoms with E-state index in [1.54, 1.807) is 0 Å². The summed E-state index contributed by atoms with van der Waals surface area (Å²) in [5.41, 5.74) is 1.99. The van der Waals surface area contributed by atoms with Crippen LogP contribution in [0.4, 0.5) is 10.2 Å². The first-order chi connectivity index (χ1) is 15.8. The minimum atomic E-state index is -1.82. The van der Waals surface area contributed by atoms with Crippen LogP contribution < -0.4 is 10.6 Å². The predicted molar refractivity (Wildman–Crippen MR) is 125 cm³/mol. The van der Waals surface area contributed by atoms with Crippen molar-refractivity contribution in [1.82, 2.24) is 10.3 Å². The number of carbonyl (C=O) groups is 1. The Morgan fingerprint density at radius 1 is 1.30 bits per heavy atom. The van der Waals surface area contributed by atoms with Crippen LogP contribution in [-0.2, 0) is 17.6 Å². The number of rotatable bonds is 11. The Hall–Kier alpha value is -2.26. The molecule has 0 radical (unpaired) electrons. The van der Waals surface area contributed by atoms with Crippen LogP contribution in [-0.4, -0.2) is 53.2 Å². The maximum absolute atomic E-state index is 13.9. The van der Waals surface area contributed by atoms with Gasteiger partial charge in [-0.2, -0.15) is 0 Å². The van der Waals surface area contributed by atoms with E-state index in [4.69, 9.17) is 21.3 Å². The number of benzene rings is 1. The molecule has 1 aliphatic heterocycles. The van der Waals surface area contributed by atoms with Crippen molar-refractivity contribution >= 4 is 23.3 Å². The molecule has 4 N–H and O–H groups in total. The number of aliphatic hydroxyl groups is 2. The molecule has 2 heterocycles. The number of fused-ring (bicyclic) bond motifs is 1. The van der Waals surface area contributed by atoms with E-state index in [-0.39, 0.29) is 29.5 Å². The molecule has 1 amide bonds. The summed E-state index contributed by atoms with van der Waals surface area (Å²) in [6, 6.07) is 7.11. The van der Waals surface area contributed by atoms with Crippen molar-refractivity contribution in [3.63, 3.8) is 0 Å². The zero-order chi connectivity index (χ0) is 23.8. The molecular weight excluding hydrogens is 449 g/mol. The minimum Gasteiger partial charge on any atom is -0.381 e. The van der Waals surface area contributed by atoms with E-state index in [9.17, 15) is 19.4 Å². The highest BCUT2D eigenvalue weighted by Crippen LogP contribution is 2.21. The second kappa shape index (κ2) is 12.3. The molecule has 1 aliphatic rings. The number of pyridine rings is 1. The Balaban J connectivity index is 1.40. The molecule has 1 aromatic carbocycles. The van der Waals surface area contributed by atoms with E-state index in [0.717, 1.165) is 49.8 Å². The smallest absolute Gasteiger partial charge is 0.256 e. The number of nitrogens with zero attached hydrogens (tertiary/aromatic N) is 1. The van der Waals surface area contributed by atoms with Crippen LogP contribution >= 0.6 is 11.6 Å². The lowest BCUT2D eigenvalue weighted by atomic mass is 10.0. The molecule has 0 saturated heterocycles. The third-order valence-corrected chi connectivity index (χ3v) is 6.00. The van der Waals surface area contributed by atoms with Crippen molar-refractivity contribution in [2.45, 2.75) is 51.4 Å². The van der Waals surface area contributed by atoms with E-state index in [1.165, 1.54) is 17.7 Å². The lowest BCUT2D eigenvalue weighted by Gasteiger charge is -2.21. The molecule has 7 nitrogen and oxygen atoms in total. The Morgan fingerprint density at radius 2 is 2.12 bits per heavy atom. The molecule has 0 bridgehead atoms. The largest absolute Gasteiger partial charge is 0.381 e. The van der Waals surface area contributed by atoms with Crippen LogP contribution in [0.15, 0.2) is 30.3 Å². The van der Waals surface area contributed by atoms with E-state index < -0.39 is 24.1 Å². The number of aryl methyl sites for hydroxylation is 2. The van der Waals surface area contributed by atoms with Gasteiger partial charge in [0.25, 0.3) is 5.91 Å². The molecule has 0 aliphatic carbocycles. The molecule has 0 spiro atoms. The maximum Gasteiger partial charge on any atom is 0.256 e. The van der Waals surface area contributed by atoms with Crippen LogP contribution in [0.25, 0.3) is 0 Å². The van der Waals surface area contributed by atoms with Gasteiger partial charge in [-0.15, -0.1) is 0 Å². The monoisotopic (exact) mass is 479 g/mol. The second-order valence-corrected chi connectivity index (χ2v) is 8.85. The van der Waals surface area contributed by atoms with E-state index in [0.29, 0.717) is 6.61 Å². The maximum atomic E-state index is 13.9. The Morgan fingerprint density at radius 3 is 2.88 bits per heavy atom. The summed E-state index contributed by atoms with van der Waals surface area (Å²) in [7, 11) is 0. The summed E-state index contributed by atoms with van der Waals surface area (Å²) >= 11 is 5.90. The number of carbonyl (C=O) groups excluding carboxylic acids is 1. The molecule has 0 saturated carbocycles. The van der Waals surface area contributed by atoms with Crippen molar-refractivity contribution in [3.05, 3.63) is 58.0 Å². The highest BCUT2D eigenvalue weighted by atomic mass is 35.5. The molecule has 2 atom stereocenters. The van der Waals surface area contributed by atoms with Crippen molar-refractivity contribution in [3.8, 4) is 0 Å². The van der Waals surface area contributed by atoms with Crippen molar-refractivity contribution in [1.29, 1.82) is 0 Å². The summed E-state index contributed by atoms with van der Waals surface area (Å²) in [4.78, 5) is 17.0. The number of ether oxygens (including phenoxy) is 1. The summed E-state index contributed by atoms with van der Waals surface area (Å²) in [6.45, 7) is 3.74. The third kappa shape index (κ3) is 7.37. The minimum absolute atomic E-state index is 0.0482. The third-order valence-electron chi connectivity index (χ3n) is 5.69. The first-order valence-electron chi connectivity index (χ1n) is 11.3. The van der Waals surface area contributed by atoms with E-state index in [1.807, 2.05) is 0 Å². The summed E-state index contributed by atoms with van der Waals surface area (Å²) in [5, 5.41) is 24.9. The number of anilines is 1. The quantitative estimate of drug-likeness (QED) is 0.291. The van der Waals surface area contributed by atoms with Gasteiger partial charge < -0.3 is 25.6 Å². The molecule has 0 fully saturated rings. The number of amides is 1.